The third-order valence-electron chi connectivity index (χ3n) is 2.97. The fourth-order valence-electron chi connectivity index (χ4n) is 1.90. The minimum atomic E-state index is -0.616. The highest BCUT2D eigenvalue weighted by atomic mass is 32.2. The monoisotopic (exact) mass is 329 g/mol. The van der Waals surface area contributed by atoms with Crippen LogP contribution < -0.4 is 9.47 Å². The molecule has 0 unspecified atom stereocenters. The van der Waals surface area contributed by atoms with Crippen LogP contribution in [0.5, 0.6) is 11.5 Å². The predicted octanol–water partition coefficient (Wildman–Crippen LogP) is 3.15. The first kappa shape index (κ1) is 15.1. The number of carbonyl (C=O) groups is 2. The summed E-state index contributed by atoms with van der Waals surface area (Å²) in [5.74, 6) is -0.159. The molecular weight excluding hydrogens is 318 g/mol. The molecule has 0 aliphatic carbocycles. The molecule has 1 amide bonds. The van der Waals surface area contributed by atoms with Crippen molar-refractivity contribution >= 4 is 35.3 Å². The number of hydrogen-bond donors (Lipinski definition) is 0. The number of rotatable bonds is 4. The zero-order valence-corrected chi connectivity index (χ0v) is 12.8. The minimum Gasteiger partial charge on any atom is -0.493 e. The molecule has 116 valence electrons. The molecule has 1 aliphatic heterocycles. The van der Waals surface area contributed by atoms with Crippen LogP contribution in [0.3, 0.4) is 0 Å². The Hall–Kier alpha value is -2.80. The lowest BCUT2D eigenvalue weighted by molar-refractivity contribution is -0.113. The van der Waals surface area contributed by atoms with Gasteiger partial charge < -0.3 is 13.9 Å². The Morgan fingerprint density at radius 1 is 1.30 bits per heavy atom. The van der Waals surface area contributed by atoms with E-state index in [-0.39, 0.29) is 17.4 Å². The summed E-state index contributed by atoms with van der Waals surface area (Å²) >= 11 is 1.25. The van der Waals surface area contributed by atoms with Crippen molar-refractivity contribution in [2.45, 2.75) is 0 Å². The molecule has 0 saturated heterocycles. The van der Waals surface area contributed by atoms with E-state index in [4.69, 9.17) is 13.9 Å². The highest BCUT2D eigenvalue weighted by Crippen LogP contribution is 2.31. The fraction of sp³-hybridized carbons (Fsp3) is 0.0625. The zero-order chi connectivity index (χ0) is 16.2. The number of amides is 1. The third-order valence-corrected chi connectivity index (χ3v) is 3.73. The summed E-state index contributed by atoms with van der Waals surface area (Å²) in [6, 6.07) is 8.09. The van der Waals surface area contributed by atoms with E-state index < -0.39 is 5.97 Å². The van der Waals surface area contributed by atoms with Crippen molar-refractivity contribution < 1.29 is 23.5 Å². The summed E-state index contributed by atoms with van der Waals surface area (Å²) < 4.78 is 15.5. The van der Waals surface area contributed by atoms with Crippen molar-refractivity contribution in [2.24, 2.45) is 4.99 Å². The minimum absolute atomic E-state index is 0.100. The van der Waals surface area contributed by atoms with Gasteiger partial charge in [0, 0.05) is 0 Å². The van der Waals surface area contributed by atoms with Crippen LogP contribution in [0.1, 0.15) is 16.1 Å². The molecule has 1 aromatic heterocycles. The summed E-state index contributed by atoms with van der Waals surface area (Å²) in [7, 11) is 1.47. The van der Waals surface area contributed by atoms with Gasteiger partial charge in [-0.3, -0.25) is 4.79 Å². The molecule has 7 heteroatoms. The van der Waals surface area contributed by atoms with E-state index in [1.165, 1.54) is 36.7 Å². The molecule has 2 aromatic rings. The predicted molar refractivity (Wildman–Crippen MR) is 85.7 cm³/mol. The van der Waals surface area contributed by atoms with Crippen LogP contribution >= 0.6 is 11.8 Å². The maximum absolute atomic E-state index is 11.9. The number of ether oxygens (including phenoxy) is 2. The van der Waals surface area contributed by atoms with Crippen molar-refractivity contribution in [3.05, 3.63) is 52.8 Å². The summed E-state index contributed by atoms with van der Waals surface area (Å²) in [6.07, 6.45) is 3.09. The molecule has 2 heterocycles. The molecule has 0 saturated carbocycles. The molecule has 0 bridgehead atoms. The smallest absolute Gasteiger partial charge is 0.379 e. The molecule has 3 rings (SSSR count). The Bertz CT molecular complexity index is 808. The maximum Gasteiger partial charge on any atom is 0.379 e. The number of nitrogens with zero attached hydrogens (tertiary/aromatic N) is 1. The first-order valence-corrected chi connectivity index (χ1v) is 7.44. The van der Waals surface area contributed by atoms with Gasteiger partial charge in [0.25, 0.3) is 5.91 Å². The van der Waals surface area contributed by atoms with Crippen LogP contribution in [0.4, 0.5) is 0 Å². The van der Waals surface area contributed by atoms with Crippen molar-refractivity contribution in [1.29, 1.82) is 0 Å². The lowest BCUT2D eigenvalue weighted by Gasteiger charge is -2.09. The van der Waals surface area contributed by atoms with Crippen LogP contribution in [-0.2, 0) is 4.79 Å². The van der Waals surface area contributed by atoms with Gasteiger partial charge in [-0.05, 0) is 35.9 Å². The van der Waals surface area contributed by atoms with Gasteiger partial charge in [0.1, 0.15) is 0 Å². The first-order chi connectivity index (χ1) is 11.2. The van der Waals surface area contributed by atoms with Gasteiger partial charge in [-0.1, -0.05) is 17.8 Å². The second-order valence-electron chi connectivity index (χ2n) is 4.44. The summed E-state index contributed by atoms with van der Waals surface area (Å²) in [5.41, 5.74) is 2.23. The Balaban J connectivity index is 1.83. The van der Waals surface area contributed by atoms with Crippen LogP contribution in [-0.4, -0.2) is 24.5 Å². The SMILES string of the molecule is COc1cc(/C=C2\SC=NC2=O)ccc1OC(=O)c1ccco1. The molecule has 0 N–H and O–H groups in total. The Morgan fingerprint density at radius 3 is 2.83 bits per heavy atom. The topological polar surface area (TPSA) is 78.1 Å². The van der Waals surface area contributed by atoms with Crippen molar-refractivity contribution in [3.63, 3.8) is 0 Å². The van der Waals surface area contributed by atoms with Gasteiger partial charge in [-0.25, -0.2) is 9.79 Å². The molecular formula is C16H11NO5S. The highest BCUT2D eigenvalue weighted by Gasteiger charge is 2.16. The number of furan rings is 1. The number of hydrogen-bond acceptors (Lipinski definition) is 6. The summed E-state index contributed by atoms with van der Waals surface area (Å²) in [4.78, 5) is 27.6. The summed E-state index contributed by atoms with van der Waals surface area (Å²) in [6.45, 7) is 0. The Morgan fingerprint density at radius 2 is 2.17 bits per heavy atom. The number of methoxy groups -OCH3 is 1. The van der Waals surface area contributed by atoms with Gasteiger partial charge in [-0.15, -0.1) is 0 Å². The van der Waals surface area contributed by atoms with Crippen molar-refractivity contribution in [3.8, 4) is 11.5 Å². The number of aliphatic imine (C=N–C) groups is 1. The van der Waals surface area contributed by atoms with Gasteiger partial charge in [0.15, 0.2) is 11.5 Å². The molecule has 0 radical (unpaired) electrons. The fourth-order valence-corrected chi connectivity index (χ4v) is 2.51. The second kappa shape index (κ2) is 6.53. The first-order valence-electron chi connectivity index (χ1n) is 6.56. The second-order valence-corrected chi connectivity index (χ2v) is 5.33. The molecule has 0 atom stereocenters. The largest absolute Gasteiger partial charge is 0.493 e. The van der Waals surface area contributed by atoms with Gasteiger partial charge in [-0.2, -0.15) is 0 Å². The van der Waals surface area contributed by atoms with Gasteiger partial charge in [0.05, 0.1) is 23.8 Å². The van der Waals surface area contributed by atoms with E-state index in [1.807, 2.05) is 0 Å². The average Bonchev–Trinajstić information content (AvgIpc) is 3.21. The van der Waals surface area contributed by atoms with Crippen LogP contribution in [0.2, 0.25) is 0 Å². The molecule has 0 spiro atoms. The number of thioether (sulfide) groups is 1. The number of benzene rings is 1. The Labute approximate surface area is 135 Å². The van der Waals surface area contributed by atoms with E-state index in [9.17, 15) is 9.59 Å². The maximum atomic E-state index is 11.9. The molecule has 1 aliphatic rings. The lowest BCUT2D eigenvalue weighted by Crippen LogP contribution is -2.08. The quantitative estimate of drug-likeness (QED) is 0.487. The Kier molecular flexibility index (Phi) is 4.29. The van der Waals surface area contributed by atoms with Crippen molar-refractivity contribution in [1.82, 2.24) is 0 Å². The van der Waals surface area contributed by atoms with Gasteiger partial charge >= 0.3 is 5.97 Å². The van der Waals surface area contributed by atoms with Crippen molar-refractivity contribution in [2.75, 3.05) is 7.11 Å². The van der Waals surface area contributed by atoms with Crippen LogP contribution in [0.15, 0.2) is 50.9 Å². The zero-order valence-electron chi connectivity index (χ0n) is 12.0. The van der Waals surface area contributed by atoms with Crippen LogP contribution in [0.25, 0.3) is 6.08 Å². The van der Waals surface area contributed by atoms with E-state index >= 15 is 0 Å². The number of carbonyl (C=O) groups excluding carboxylic acids is 2. The molecule has 0 fully saturated rings. The summed E-state index contributed by atoms with van der Waals surface area (Å²) in [5, 5.41) is 0. The lowest BCUT2D eigenvalue weighted by atomic mass is 10.2. The number of esters is 1. The van der Waals surface area contributed by atoms with E-state index in [0.717, 1.165) is 5.56 Å². The molecule has 23 heavy (non-hydrogen) atoms. The molecule has 1 aromatic carbocycles. The van der Waals surface area contributed by atoms with E-state index in [2.05, 4.69) is 4.99 Å². The van der Waals surface area contributed by atoms with Gasteiger partial charge in [0.2, 0.25) is 5.76 Å². The normalized spacial score (nSPS) is 15.2. The molecule has 6 nitrogen and oxygen atoms in total. The third kappa shape index (κ3) is 3.35. The average molecular weight is 329 g/mol. The van der Waals surface area contributed by atoms with E-state index in [0.29, 0.717) is 10.7 Å². The standard InChI is InChI=1S/C16H11NO5S/c1-20-13-7-10(8-14-15(18)17-9-23-14)4-5-11(13)22-16(19)12-3-2-6-21-12/h2-9H,1H3/b14-8-. The van der Waals surface area contributed by atoms with Crippen LogP contribution in [0, 0.1) is 0 Å². The highest BCUT2D eigenvalue weighted by molar-refractivity contribution is 8.16. The van der Waals surface area contributed by atoms with E-state index in [1.54, 1.807) is 30.3 Å².